The summed E-state index contributed by atoms with van der Waals surface area (Å²) in [7, 11) is 4.46. The number of hydrogen-bond acceptors (Lipinski definition) is 5. The summed E-state index contributed by atoms with van der Waals surface area (Å²) in [5, 5.41) is 19.5. The molecule has 0 radical (unpaired) electrons. The molecule has 0 bridgehead atoms. The summed E-state index contributed by atoms with van der Waals surface area (Å²) in [5.74, 6) is 0.193. The van der Waals surface area contributed by atoms with E-state index in [1.165, 1.54) is 33.5 Å². The van der Waals surface area contributed by atoms with Crippen molar-refractivity contribution >= 4 is 17.6 Å². The van der Waals surface area contributed by atoms with E-state index < -0.39 is 5.97 Å². The minimum absolute atomic E-state index is 0.0106. The largest absolute Gasteiger partial charge is 0.507 e. The molecule has 0 unspecified atom stereocenters. The van der Waals surface area contributed by atoms with Gasteiger partial charge in [0.2, 0.25) is 0 Å². The Morgan fingerprint density at radius 3 is 2.21 bits per heavy atom. The Labute approximate surface area is 139 Å². The van der Waals surface area contributed by atoms with E-state index in [9.17, 15) is 15.0 Å². The lowest BCUT2D eigenvalue weighted by Crippen LogP contribution is -2.01. The lowest BCUT2D eigenvalue weighted by Gasteiger charge is -2.10. The Bertz CT molecular complexity index is 779. The van der Waals surface area contributed by atoms with E-state index in [4.69, 9.17) is 14.2 Å². The summed E-state index contributed by atoms with van der Waals surface area (Å²) >= 11 is 0. The summed E-state index contributed by atoms with van der Waals surface area (Å²) in [4.78, 5) is 11.6. The highest BCUT2D eigenvalue weighted by Crippen LogP contribution is 2.32. The van der Waals surface area contributed by atoms with Gasteiger partial charge in [0.15, 0.2) is 11.5 Å². The fourth-order valence-electron chi connectivity index (χ4n) is 2.20. The first-order chi connectivity index (χ1) is 11.5. The highest BCUT2D eigenvalue weighted by molar-refractivity contribution is 6.21. The number of aliphatic carboxylic acids is 1. The molecule has 0 spiro atoms. The molecule has 2 aromatic carbocycles. The van der Waals surface area contributed by atoms with Crippen molar-refractivity contribution < 1.29 is 29.2 Å². The quantitative estimate of drug-likeness (QED) is 0.625. The minimum Gasteiger partial charge on any atom is -0.507 e. The first-order valence-electron chi connectivity index (χ1n) is 7.04. The maximum absolute atomic E-state index is 11.6. The summed E-state index contributed by atoms with van der Waals surface area (Å²) in [6, 6.07) is 9.44. The number of phenolic OH excluding ortho intramolecular Hbond substituents is 1. The minimum atomic E-state index is -1.13. The molecule has 2 rings (SSSR count). The topological polar surface area (TPSA) is 85.2 Å². The van der Waals surface area contributed by atoms with Crippen LogP contribution >= 0.6 is 0 Å². The van der Waals surface area contributed by atoms with Crippen LogP contribution in [0.3, 0.4) is 0 Å². The standard InChI is InChI=1S/C18H18O6/c1-22-13-6-4-12(15(19)10-13)8-14(18(20)21)11-5-7-16(23-2)17(9-11)24-3/h4-10,19H,1-3H3,(H,20,21)/b14-8-. The number of rotatable bonds is 6. The number of carboxylic acids is 1. The molecule has 0 saturated carbocycles. The predicted octanol–water partition coefficient (Wildman–Crippen LogP) is 3.04. The van der Waals surface area contributed by atoms with Crippen LogP contribution in [0.25, 0.3) is 11.6 Å². The SMILES string of the molecule is COc1ccc(/C=C(\C(=O)O)c2ccc(OC)c(OC)c2)c(O)c1. The van der Waals surface area contributed by atoms with Crippen LogP contribution in [0, 0.1) is 0 Å². The zero-order valence-electron chi connectivity index (χ0n) is 13.6. The molecular formula is C18H18O6. The predicted molar refractivity (Wildman–Crippen MR) is 89.7 cm³/mol. The second-order valence-electron chi connectivity index (χ2n) is 4.86. The highest BCUT2D eigenvalue weighted by Gasteiger charge is 2.15. The van der Waals surface area contributed by atoms with Gasteiger partial charge in [-0.25, -0.2) is 4.79 Å². The van der Waals surface area contributed by atoms with Crippen LogP contribution in [0.1, 0.15) is 11.1 Å². The van der Waals surface area contributed by atoms with Crippen LogP contribution in [0.15, 0.2) is 36.4 Å². The second-order valence-corrected chi connectivity index (χ2v) is 4.86. The zero-order chi connectivity index (χ0) is 17.7. The summed E-state index contributed by atoms with van der Waals surface area (Å²) in [6.45, 7) is 0. The third kappa shape index (κ3) is 3.60. The van der Waals surface area contributed by atoms with Gasteiger partial charge in [-0.1, -0.05) is 6.07 Å². The highest BCUT2D eigenvalue weighted by atomic mass is 16.5. The Hall–Kier alpha value is -3.15. The summed E-state index contributed by atoms with van der Waals surface area (Å²) in [5.41, 5.74) is 0.801. The summed E-state index contributed by atoms with van der Waals surface area (Å²) in [6.07, 6.45) is 1.39. The van der Waals surface area contributed by atoms with Crippen molar-refractivity contribution in [3.8, 4) is 23.0 Å². The molecule has 0 aliphatic carbocycles. The maximum atomic E-state index is 11.6. The van der Waals surface area contributed by atoms with Gasteiger partial charge in [0.05, 0.1) is 26.9 Å². The Kier molecular flexibility index (Phi) is 5.31. The van der Waals surface area contributed by atoms with Crippen molar-refractivity contribution in [2.45, 2.75) is 0 Å². The van der Waals surface area contributed by atoms with Gasteiger partial charge in [-0.05, 0) is 35.9 Å². The Morgan fingerprint density at radius 1 is 0.958 bits per heavy atom. The van der Waals surface area contributed by atoms with Gasteiger partial charge >= 0.3 is 5.97 Å². The molecule has 6 nitrogen and oxygen atoms in total. The van der Waals surface area contributed by atoms with Crippen LogP contribution in [0.4, 0.5) is 0 Å². The number of aromatic hydroxyl groups is 1. The van der Waals surface area contributed by atoms with Gasteiger partial charge in [0, 0.05) is 11.6 Å². The van der Waals surface area contributed by atoms with E-state index in [0.717, 1.165) is 0 Å². The van der Waals surface area contributed by atoms with Crippen LogP contribution in [0.5, 0.6) is 23.0 Å². The molecule has 6 heteroatoms. The lowest BCUT2D eigenvalue weighted by atomic mass is 10.0. The van der Waals surface area contributed by atoms with Crippen molar-refractivity contribution in [1.29, 1.82) is 0 Å². The molecule has 126 valence electrons. The molecule has 0 atom stereocenters. The van der Waals surface area contributed by atoms with Gasteiger partial charge in [-0.3, -0.25) is 0 Å². The number of methoxy groups -OCH3 is 3. The number of ether oxygens (including phenoxy) is 3. The molecule has 2 N–H and O–H groups in total. The molecule has 0 aliphatic rings. The molecule has 2 aromatic rings. The van der Waals surface area contributed by atoms with Gasteiger partial charge in [0.1, 0.15) is 11.5 Å². The van der Waals surface area contributed by atoms with E-state index in [2.05, 4.69) is 0 Å². The van der Waals surface area contributed by atoms with Gasteiger partial charge in [0.25, 0.3) is 0 Å². The third-order valence-corrected chi connectivity index (χ3v) is 3.46. The molecule has 0 saturated heterocycles. The molecular weight excluding hydrogens is 312 g/mol. The number of hydrogen-bond donors (Lipinski definition) is 2. The average molecular weight is 330 g/mol. The van der Waals surface area contributed by atoms with Gasteiger partial charge in [-0.15, -0.1) is 0 Å². The first kappa shape index (κ1) is 17.2. The molecule has 0 aliphatic heterocycles. The van der Waals surface area contributed by atoms with Crippen molar-refractivity contribution in [3.63, 3.8) is 0 Å². The second kappa shape index (κ2) is 7.41. The zero-order valence-corrected chi connectivity index (χ0v) is 13.6. The Balaban J connectivity index is 2.52. The molecule has 0 heterocycles. The van der Waals surface area contributed by atoms with Crippen LogP contribution in [-0.4, -0.2) is 37.5 Å². The first-order valence-corrected chi connectivity index (χ1v) is 7.04. The average Bonchev–Trinajstić information content (AvgIpc) is 2.59. The number of carbonyl (C=O) groups is 1. The lowest BCUT2D eigenvalue weighted by molar-refractivity contribution is -0.130. The van der Waals surface area contributed by atoms with E-state index in [-0.39, 0.29) is 11.3 Å². The normalized spacial score (nSPS) is 11.0. The molecule has 24 heavy (non-hydrogen) atoms. The monoisotopic (exact) mass is 330 g/mol. The van der Waals surface area contributed by atoms with E-state index in [1.807, 2.05) is 0 Å². The number of benzene rings is 2. The fourth-order valence-corrected chi connectivity index (χ4v) is 2.20. The van der Waals surface area contributed by atoms with Crippen LogP contribution in [-0.2, 0) is 4.79 Å². The third-order valence-electron chi connectivity index (χ3n) is 3.46. The fraction of sp³-hybridized carbons (Fsp3) is 0.167. The van der Waals surface area contributed by atoms with Crippen molar-refractivity contribution in [2.75, 3.05) is 21.3 Å². The van der Waals surface area contributed by atoms with E-state index >= 15 is 0 Å². The van der Waals surface area contributed by atoms with Crippen molar-refractivity contribution in [3.05, 3.63) is 47.5 Å². The smallest absolute Gasteiger partial charge is 0.336 e. The number of phenols is 1. The van der Waals surface area contributed by atoms with Gasteiger partial charge in [-0.2, -0.15) is 0 Å². The van der Waals surface area contributed by atoms with E-state index in [1.54, 1.807) is 30.3 Å². The summed E-state index contributed by atoms with van der Waals surface area (Å²) < 4.78 is 15.4. The Morgan fingerprint density at radius 2 is 1.67 bits per heavy atom. The maximum Gasteiger partial charge on any atom is 0.336 e. The van der Waals surface area contributed by atoms with E-state index in [0.29, 0.717) is 28.4 Å². The molecule has 0 aromatic heterocycles. The number of carboxylic acid groups (broad SMARTS) is 1. The van der Waals surface area contributed by atoms with Crippen molar-refractivity contribution in [1.82, 2.24) is 0 Å². The van der Waals surface area contributed by atoms with Crippen LogP contribution < -0.4 is 14.2 Å². The van der Waals surface area contributed by atoms with Crippen molar-refractivity contribution in [2.24, 2.45) is 0 Å². The van der Waals surface area contributed by atoms with Crippen LogP contribution in [0.2, 0.25) is 0 Å². The molecule has 0 amide bonds. The molecule has 0 fully saturated rings. The van der Waals surface area contributed by atoms with Gasteiger partial charge < -0.3 is 24.4 Å².